The Morgan fingerprint density at radius 3 is 2.73 bits per heavy atom. The maximum atomic E-state index is 12.3. The lowest BCUT2D eigenvalue weighted by Gasteiger charge is -2.07. The summed E-state index contributed by atoms with van der Waals surface area (Å²) in [5.41, 5.74) is 1.78. The van der Waals surface area contributed by atoms with Gasteiger partial charge in [-0.25, -0.2) is 9.97 Å². The number of fused-ring (bicyclic) bond motifs is 1. The van der Waals surface area contributed by atoms with E-state index in [1.54, 1.807) is 24.1 Å². The van der Waals surface area contributed by atoms with Gasteiger partial charge in [0.25, 0.3) is 11.5 Å². The molecule has 4 rings (SSSR count). The Kier molecular flexibility index (Phi) is 4.32. The molecule has 0 spiro atoms. The highest BCUT2D eigenvalue weighted by Gasteiger charge is 2.13. The van der Waals surface area contributed by atoms with Gasteiger partial charge in [-0.2, -0.15) is 0 Å². The first-order chi connectivity index (χ1) is 12.7. The van der Waals surface area contributed by atoms with Crippen LogP contribution in [0, 0.1) is 0 Å². The normalized spacial score (nSPS) is 10.9. The molecular weight excluding hydrogens is 350 g/mol. The molecule has 7 nitrogen and oxygen atoms in total. The number of rotatable bonds is 5. The minimum absolute atomic E-state index is 0.0395. The van der Waals surface area contributed by atoms with Crippen molar-refractivity contribution in [2.24, 2.45) is 0 Å². The molecule has 4 aromatic rings. The summed E-state index contributed by atoms with van der Waals surface area (Å²) in [7, 11) is 0. The van der Waals surface area contributed by atoms with Gasteiger partial charge in [-0.3, -0.25) is 14.0 Å². The number of imidazole rings is 1. The number of benzene rings is 1. The largest absolute Gasteiger partial charge is 0.348 e. The Balaban J connectivity index is 1.42. The predicted octanol–water partition coefficient (Wildman–Crippen LogP) is 1.93. The Hall–Kier alpha value is -3.26. The summed E-state index contributed by atoms with van der Waals surface area (Å²) in [5, 5.41) is 4.53. The molecule has 0 aliphatic rings. The van der Waals surface area contributed by atoms with Crippen LogP contribution in [0.4, 0.5) is 0 Å². The van der Waals surface area contributed by atoms with Crippen LogP contribution in [0.3, 0.4) is 0 Å². The van der Waals surface area contributed by atoms with Crippen LogP contribution < -0.4 is 10.9 Å². The smallest absolute Gasteiger partial charge is 0.271 e. The summed E-state index contributed by atoms with van der Waals surface area (Å²) in [6, 6.07) is 7.93. The van der Waals surface area contributed by atoms with E-state index >= 15 is 0 Å². The van der Waals surface area contributed by atoms with Crippen LogP contribution in [-0.2, 0) is 13.1 Å². The Morgan fingerprint density at radius 2 is 1.96 bits per heavy atom. The van der Waals surface area contributed by atoms with E-state index in [9.17, 15) is 9.59 Å². The van der Waals surface area contributed by atoms with Crippen molar-refractivity contribution in [1.29, 1.82) is 0 Å². The van der Waals surface area contributed by atoms with Crippen molar-refractivity contribution >= 4 is 22.2 Å². The van der Waals surface area contributed by atoms with E-state index in [-0.39, 0.29) is 11.1 Å². The van der Waals surface area contributed by atoms with E-state index in [0.717, 1.165) is 17.7 Å². The van der Waals surface area contributed by atoms with Gasteiger partial charge in [0, 0.05) is 43.3 Å². The Labute approximate surface area is 152 Å². The number of carbonyl (C=O) groups is 1. The first-order valence-corrected chi connectivity index (χ1v) is 8.85. The lowest BCUT2D eigenvalue weighted by molar-refractivity contribution is 0.0949. The van der Waals surface area contributed by atoms with Crippen LogP contribution >= 0.6 is 11.3 Å². The van der Waals surface area contributed by atoms with E-state index in [0.29, 0.717) is 11.5 Å². The zero-order chi connectivity index (χ0) is 17.9. The van der Waals surface area contributed by atoms with Crippen molar-refractivity contribution in [3.8, 4) is 0 Å². The Morgan fingerprint density at radius 1 is 1.15 bits per heavy atom. The molecule has 0 fully saturated rings. The van der Waals surface area contributed by atoms with Crippen LogP contribution in [-0.4, -0.2) is 24.8 Å². The topological polar surface area (TPSA) is 81.3 Å². The molecule has 26 heavy (non-hydrogen) atoms. The fourth-order valence-corrected chi connectivity index (χ4v) is 3.29. The molecule has 1 aromatic carbocycles. The molecule has 3 heterocycles. The molecule has 0 aliphatic carbocycles. The molecule has 0 bridgehead atoms. The van der Waals surface area contributed by atoms with Gasteiger partial charge in [0.15, 0.2) is 4.96 Å². The van der Waals surface area contributed by atoms with Gasteiger partial charge in [-0.15, -0.1) is 11.3 Å². The summed E-state index contributed by atoms with van der Waals surface area (Å²) >= 11 is 1.35. The van der Waals surface area contributed by atoms with Gasteiger partial charge in [0.2, 0.25) is 0 Å². The van der Waals surface area contributed by atoms with E-state index in [2.05, 4.69) is 15.3 Å². The van der Waals surface area contributed by atoms with Gasteiger partial charge < -0.3 is 9.88 Å². The predicted molar refractivity (Wildman–Crippen MR) is 98.3 cm³/mol. The minimum Gasteiger partial charge on any atom is -0.348 e. The molecule has 0 atom stereocenters. The number of hydrogen-bond acceptors (Lipinski definition) is 5. The van der Waals surface area contributed by atoms with E-state index in [4.69, 9.17) is 0 Å². The van der Waals surface area contributed by atoms with Crippen LogP contribution in [0.25, 0.3) is 4.96 Å². The SMILES string of the molecule is O=C(NCc1ccc(Cn2ccnc2)cc1)c1cnc2sccn2c1=O. The molecule has 0 radical (unpaired) electrons. The average Bonchev–Trinajstić information content (AvgIpc) is 3.33. The number of thiazole rings is 1. The Bertz CT molecular complexity index is 1100. The highest BCUT2D eigenvalue weighted by Crippen LogP contribution is 2.08. The standard InChI is InChI=1S/C18H15N5O2S/c24-16(15-10-21-18-23(17(15)25)7-8-26-18)20-9-13-1-3-14(4-2-13)11-22-6-5-19-12-22/h1-8,10,12H,9,11H2,(H,20,24). The molecule has 3 aromatic heterocycles. The fourth-order valence-electron chi connectivity index (χ4n) is 2.61. The lowest BCUT2D eigenvalue weighted by Crippen LogP contribution is -2.30. The van der Waals surface area contributed by atoms with Crippen molar-refractivity contribution in [2.75, 3.05) is 0 Å². The van der Waals surface area contributed by atoms with E-state index in [1.165, 1.54) is 21.9 Å². The van der Waals surface area contributed by atoms with Crippen molar-refractivity contribution < 1.29 is 4.79 Å². The summed E-state index contributed by atoms with van der Waals surface area (Å²) < 4.78 is 3.36. The third kappa shape index (κ3) is 3.27. The monoisotopic (exact) mass is 365 g/mol. The zero-order valence-corrected chi connectivity index (χ0v) is 14.5. The average molecular weight is 365 g/mol. The maximum Gasteiger partial charge on any atom is 0.271 e. The molecule has 130 valence electrons. The zero-order valence-electron chi connectivity index (χ0n) is 13.7. The van der Waals surface area contributed by atoms with Crippen LogP contribution in [0.15, 0.2) is 65.6 Å². The van der Waals surface area contributed by atoms with Crippen molar-refractivity contribution in [2.45, 2.75) is 13.1 Å². The van der Waals surface area contributed by atoms with Gasteiger partial charge >= 0.3 is 0 Å². The number of nitrogens with one attached hydrogen (secondary N) is 1. The molecule has 0 saturated heterocycles. The molecule has 0 unspecified atom stereocenters. The first kappa shape index (κ1) is 16.2. The number of aromatic nitrogens is 4. The number of carbonyl (C=O) groups excluding carboxylic acids is 1. The summed E-state index contributed by atoms with van der Waals surface area (Å²) in [4.78, 5) is 33.3. The van der Waals surface area contributed by atoms with E-state index < -0.39 is 5.91 Å². The van der Waals surface area contributed by atoms with Gasteiger partial charge in [-0.1, -0.05) is 24.3 Å². The third-order valence-electron chi connectivity index (χ3n) is 3.99. The maximum absolute atomic E-state index is 12.3. The fraction of sp³-hybridized carbons (Fsp3) is 0.111. The molecule has 0 aliphatic heterocycles. The van der Waals surface area contributed by atoms with Crippen molar-refractivity contribution in [3.63, 3.8) is 0 Å². The van der Waals surface area contributed by atoms with Crippen LogP contribution in [0.2, 0.25) is 0 Å². The first-order valence-electron chi connectivity index (χ1n) is 7.97. The number of nitrogens with zero attached hydrogens (tertiary/aromatic N) is 4. The molecule has 0 saturated carbocycles. The molecular formula is C18H15N5O2S. The van der Waals surface area contributed by atoms with Crippen molar-refractivity contribution in [1.82, 2.24) is 24.3 Å². The van der Waals surface area contributed by atoms with Crippen LogP contribution in [0.5, 0.6) is 0 Å². The summed E-state index contributed by atoms with van der Waals surface area (Å²) in [5.74, 6) is -0.425. The second kappa shape index (κ2) is 6.93. The van der Waals surface area contributed by atoms with Crippen molar-refractivity contribution in [3.05, 3.63) is 87.8 Å². The second-order valence-corrected chi connectivity index (χ2v) is 6.64. The molecule has 1 amide bonds. The quantitative estimate of drug-likeness (QED) is 0.586. The van der Waals surface area contributed by atoms with Gasteiger partial charge in [-0.05, 0) is 11.1 Å². The lowest BCUT2D eigenvalue weighted by atomic mass is 10.1. The second-order valence-electron chi connectivity index (χ2n) is 5.77. The molecule has 8 heteroatoms. The number of hydrogen-bond donors (Lipinski definition) is 1. The molecule has 1 N–H and O–H groups in total. The van der Waals surface area contributed by atoms with Gasteiger partial charge in [0.05, 0.1) is 6.33 Å². The summed E-state index contributed by atoms with van der Waals surface area (Å²) in [6.45, 7) is 1.09. The van der Waals surface area contributed by atoms with Crippen LogP contribution in [0.1, 0.15) is 21.5 Å². The van der Waals surface area contributed by atoms with Gasteiger partial charge in [0.1, 0.15) is 5.56 Å². The third-order valence-corrected chi connectivity index (χ3v) is 4.76. The summed E-state index contributed by atoms with van der Waals surface area (Å²) in [6.07, 6.45) is 8.37. The number of amides is 1. The highest BCUT2D eigenvalue weighted by molar-refractivity contribution is 7.15. The minimum atomic E-state index is -0.425. The van der Waals surface area contributed by atoms with E-state index in [1.807, 2.05) is 35.0 Å². The highest BCUT2D eigenvalue weighted by atomic mass is 32.1.